The van der Waals surface area contributed by atoms with Gasteiger partial charge in [0.1, 0.15) is 5.82 Å². The Morgan fingerprint density at radius 3 is 2.65 bits per heavy atom. The largest absolute Gasteiger partial charge is 0.398 e. The Balaban J connectivity index is 1.51. The monoisotopic (exact) mass is 373 g/mol. The van der Waals surface area contributed by atoms with Crippen LogP contribution in [0.3, 0.4) is 0 Å². The summed E-state index contributed by atoms with van der Waals surface area (Å²) in [6, 6.07) is 12.9. The highest BCUT2D eigenvalue weighted by molar-refractivity contribution is 6.30. The molecule has 2 aromatic carbocycles. The molecule has 1 fully saturated rings. The van der Waals surface area contributed by atoms with E-state index in [2.05, 4.69) is 29.0 Å². The van der Waals surface area contributed by atoms with Gasteiger partial charge in [0.05, 0.1) is 0 Å². The molecule has 1 aliphatic heterocycles. The highest BCUT2D eigenvalue weighted by atomic mass is 35.5. The van der Waals surface area contributed by atoms with Crippen molar-refractivity contribution >= 4 is 17.3 Å². The first-order chi connectivity index (χ1) is 12.5. The Bertz CT molecular complexity index is 760. The number of nitrogen functional groups attached to an aromatic ring is 1. The average molecular weight is 374 g/mol. The van der Waals surface area contributed by atoms with Gasteiger partial charge in [-0.2, -0.15) is 0 Å². The third-order valence-electron chi connectivity index (χ3n) is 4.83. The second-order valence-electron chi connectivity index (χ2n) is 6.88. The fraction of sp³-hybridized carbons (Fsp3) is 0.333. The molecule has 1 atom stereocenters. The maximum atomic E-state index is 13.0. The van der Waals surface area contributed by atoms with Gasteiger partial charge in [-0.1, -0.05) is 35.9 Å². The van der Waals surface area contributed by atoms with Crippen LogP contribution in [0.15, 0.2) is 54.7 Å². The molecule has 5 heteroatoms. The van der Waals surface area contributed by atoms with Gasteiger partial charge in [-0.15, -0.1) is 0 Å². The molecule has 138 valence electrons. The maximum absolute atomic E-state index is 13.0. The third-order valence-corrected chi connectivity index (χ3v) is 5.06. The number of nitrogens with two attached hydrogens (primary N) is 1. The molecule has 3 rings (SSSR count). The van der Waals surface area contributed by atoms with E-state index in [1.54, 1.807) is 6.07 Å². The topological polar surface area (TPSA) is 32.5 Å². The van der Waals surface area contributed by atoms with Crippen LogP contribution in [-0.4, -0.2) is 35.5 Å². The van der Waals surface area contributed by atoms with Crippen molar-refractivity contribution < 1.29 is 4.39 Å². The highest BCUT2D eigenvalue weighted by Gasteiger charge is 2.21. The van der Waals surface area contributed by atoms with Crippen molar-refractivity contribution in [2.75, 3.05) is 25.4 Å². The average Bonchev–Trinajstić information content (AvgIpc) is 2.60. The fourth-order valence-electron chi connectivity index (χ4n) is 3.33. The summed E-state index contributed by atoms with van der Waals surface area (Å²) in [6.07, 6.45) is 5.13. The van der Waals surface area contributed by atoms with Crippen LogP contribution in [0, 0.1) is 5.82 Å². The summed E-state index contributed by atoms with van der Waals surface area (Å²) < 4.78 is 13.0. The number of hydrogen-bond acceptors (Lipinski definition) is 3. The number of benzene rings is 2. The number of piperazine rings is 1. The van der Waals surface area contributed by atoms with Gasteiger partial charge in [-0.05, 0) is 54.9 Å². The van der Waals surface area contributed by atoms with E-state index in [0.29, 0.717) is 11.1 Å². The zero-order valence-corrected chi connectivity index (χ0v) is 15.8. The van der Waals surface area contributed by atoms with Crippen LogP contribution in [0.2, 0.25) is 5.02 Å². The molecule has 2 aromatic rings. The number of allylic oxidation sites excluding steroid dienone is 1. The van der Waals surface area contributed by atoms with Crippen LogP contribution in [-0.2, 0) is 13.0 Å². The lowest BCUT2D eigenvalue weighted by molar-refractivity contribution is 0.115. The fourth-order valence-corrected chi connectivity index (χ4v) is 3.51. The Labute approximate surface area is 159 Å². The second kappa shape index (κ2) is 8.56. The van der Waals surface area contributed by atoms with Crippen LogP contribution in [0.4, 0.5) is 10.1 Å². The summed E-state index contributed by atoms with van der Waals surface area (Å²) in [4.78, 5) is 4.78. The predicted molar refractivity (Wildman–Crippen MR) is 107 cm³/mol. The summed E-state index contributed by atoms with van der Waals surface area (Å²) in [5.41, 5.74) is 8.99. The van der Waals surface area contributed by atoms with Gasteiger partial charge in [-0.25, -0.2) is 4.39 Å². The molecule has 0 unspecified atom stereocenters. The van der Waals surface area contributed by atoms with E-state index >= 15 is 0 Å². The van der Waals surface area contributed by atoms with Gasteiger partial charge < -0.3 is 10.6 Å². The third kappa shape index (κ3) is 4.99. The van der Waals surface area contributed by atoms with Gasteiger partial charge >= 0.3 is 0 Å². The number of rotatable bonds is 5. The normalized spacial score (nSPS) is 18.6. The molecule has 0 saturated carbocycles. The highest BCUT2D eigenvalue weighted by Crippen LogP contribution is 2.19. The van der Waals surface area contributed by atoms with E-state index in [9.17, 15) is 4.39 Å². The lowest BCUT2D eigenvalue weighted by Gasteiger charge is -2.39. The molecule has 1 saturated heterocycles. The molecular weight excluding hydrogens is 349 g/mol. The lowest BCUT2D eigenvalue weighted by Crippen LogP contribution is -2.49. The Kier molecular flexibility index (Phi) is 6.17. The molecule has 3 nitrogen and oxygen atoms in total. The summed E-state index contributed by atoms with van der Waals surface area (Å²) >= 11 is 5.94. The van der Waals surface area contributed by atoms with Crippen LogP contribution in [0.5, 0.6) is 0 Å². The summed E-state index contributed by atoms with van der Waals surface area (Å²) in [5, 5.41) is 0.668. The van der Waals surface area contributed by atoms with Crippen molar-refractivity contribution in [3.63, 3.8) is 0 Å². The smallest absolute Gasteiger partial charge is 0.123 e. The van der Waals surface area contributed by atoms with Gasteiger partial charge in [0.15, 0.2) is 0 Å². The van der Waals surface area contributed by atoms with Gasteiger partial charge in [0, 0.05) is 42.9 Å². The molecule has 0 aliphatic carbocycles. The van der Waals surface area contributed by atoms with Gasteiger partial charge in [0.2, 0.25) is 0 Å². The molecule has 26 heavy (non-hydrogen) atoms. The first kappa shape index (κ1) is 18.7. The van der Waals surface area contributed by atoms with Crippen molar-refractivity contribution in [2.45, 2.75) is 25.9 Å². The summed E-state index contributed by atoms with van der Waals surface area (Å²) in [5.74, 6) is -0.182. The van der Waals surface area contributed by atoms with Crippen LogP contribution >= 0.6 is 11.6 Å². The molecule has 0 radical (unpaired) electrons. The summed E-state index contributed by atoms with van der Waals surface area (Å²) in [7, 11) is 0. The number of anilines is 1. The van der Waals surface area contributed by atoms with Crippen LogP contribution < -0.4 is 5.73 Å². The van der Waals surface area contributed by atoms with Gasteiger partial charge in [-0.3, -0.25) is 4.90 Å². The molecule has 0 bridgehead atoms. The van der Waals surface area contributed by atoms with E-state index in [-0.39, 0.29) is 5.82 Å². The van der Waals surface area contributed by atoms with E-state index < -0.39 is 0 Å². The first-order valence-corrected chi connectivity index (χ1v) is 9.32. The SMILES string of the molecule is C[C@H]1CN(Cc2ccc(F)cc2)CCN1/C=C/Cc1ccc(Cl)cc1N. The minimum atomic E-state index is -0.182. The Morgan fingerprint density at radius 1 is 1.19 bits per heavy atom. The van der Waals surface area contributed by atoms with Gasteiger partial charge in [0.25, 0.3) is 0 Å². The van der Waals surface area contributed by atoms with E-state index in [0.717, 1.165) is 49.4 Å². The molecule has 1 heterocycles. The minimum Gasteiger partial charge on any atom is -0.398 e. The molecular formula is C21H25ClFN3. The second-order valence-corrected chi connectivity index (χ2v) is 7.32. The zero-order valence-electron chi connectivity index (χ0n) is 15.0. The molecule has 0 amide bonds. The molecule has 0 spiro atoms. The van der Waals surface area contributed by atoms with Crippen LogP contribution in [0.1, 0.15) is 18.1 Å². The van der Waals surface area contributed by atoms with E-state index in [1.165, 1.54) is 12.1 Å². The van der Waals surface area contributed by atoms with Crippen LogP contribution in [0.25, 0.3) is 0 Å². The maximum Gasteiger partial charge on any atom is 0.123 e. The van der Waals surface area contributed by atoms with Crippen molar-refractivity contribution in [3.8, 4) is 0 Å². The number of halogens is 2. The Hall–Kier alpha value is -2.04. The van der Waals surface area contributed by atoms with Crippen molar-refractivity contribution in [3.05, 3.63) is 76.7 Å². The first-order valence-electron chi connectivity index (χ1n) is 8.94. The molecule has 0 aromatic heterocycles. The summed E-state index contributed by atoms with van der Waals surface area (Å²) in [6.45, 7) is 6.07. The zero-order chi connectivity index (χ0) is 18.5. The number of nitrogens with zero attached hydrogens (tertiary/aromatic N) is 2. The predicted octanol–water partition coefficient (Wildman–Crippen LogP) is 4.32. The quantitative estimate of drug-likeness (QED) is 0.792. The van der Waals surface area contributed by atoms with Crippen molar-refractivity contribution in [2.24, 2.45) is 0 Å². The van der Waals surface area contributed by atoms with Crippen molar-refractivity contribution in [1.29, 1.82) is 0 Å². The minimum absolute atomic E-state index is 0.182. The molecule has 1 aliphatic rings. The standard InChI is InChI=1S/C21H25ClFN3/c1-16-14-25(15-17-4-8-20(23)9-5-17)11-12-26(16)10-2-3-18-6-7-19(22)13-21(18)24/h2,4-10,13,16H,3,11-12,14-15,24H2,1H3/b10-2+/t16-/m0/s1. The number of hydrogen-bond donors (Lipinski definition) is 1. The van der Waals surface area contributed by atoms with E-state index in [1.807, 2.05) is 24.3 Å². The van der Waals surface area contributed by atoms with E-state index in [4.69, 9.17) is 17.3 Å². The van der Waals surface area contributed by atoms with Crippen molar-refractivity contribution in [1.82, 2.24) is 9.80 Å². The Morgan fingerprint density at radius 2 is 1.96 bits per heavy atom. The molecule has 2 N–H and O–H groups in total. The lowest BCUT2D eigenvalue weighted by atomic mass is 10.1.